The molecule has 0 saturated heterocycles. The molecule has 0 saturated carbocycles. The van der Waals surface area contributed by atoms with Crippen LogP contribution in [-0.4, -0.2) is 22.5 Å². The summed E-state index contributed by atoms with van der Waals surface area (Å²) in [5.41, 5.74) is 4.14. The zero-order valence-corrected chi connectivity index (χ0v) is 12.4. The third kappa shape index (κ3) is 2.64. The molecule has 0 spiro atoms. The summed E-state index contributed by atoms with van der Waals surface area (Å²) < 4.78 is 0. The van der Waals surface area contributed by atoms with Gasteiger partial charge in [-0.1, -0.05) is 42.5 Å². The Balaban J connectivity index is 1.84. The van der Waals surface area contributed by atoms with Crippen LogP contribution in [-0.2, 0) is 0 Å². The normalized spacial score (nSPS) is 14.0. The van der Waals surface area contributed by atoms with Gasteiger partial charge in [0, 0.05) is 16.7 Å². The molecule has 1 aliphatic carbocycles. The molecule has 1 aliphatic rings. The van der Waals surface area contributed by atoms with Crippen LogP contribution >= 0.6 is 0 Å². The summed E-state index contributed by atoms with van der Waals surface area (Å²) in [6, 6.07) is 15.4. The quantitative estimate of drug-likeness (QED) is 0.676. The fourth-order valence-electron chi connectivity index (χ4n) is 2.44. The maximum absolute atomic E-state index is 12.4. The number of Topliss-reactive ketones (excluding diaryl/α,β-unsaturated/α-hetero) is 1. The predicted octanol–water partition coefficient (Wildman–Crippen LogP) is 2.96. The van der Waals surface area contributed by atoms with E-state index in [2.05, 4.69) is 10.5 Å². The van der Waals surface area contributed by atoms with Gasteiger partial charge in [-0.15, -0.1) is 0 Å². The van der Waals surface area contributed by atoms with Crippen molar-refractivity contribution < 1.29 is 14.7 Å². The minimum Gasteiger partial charge on any atom is -0.506 e. The van der Waals surface area contributed by atoms with Gasteiger partial charge in [-0.05, 0) is 19.1 Å². The Labute approximate surface area is 133 Å². The molecule has 2 N–H and O–H groups in total. The number of rotatable bonds is 3. The van der Waals surface area contributed by atoms with Gasteiger partial charge in [0.05, 0.1) is 11.3 Å². The van der Waals surface area contributed by atoms with Gasteiger partial charge in [0.2, 0.25) is 0 Å². The molecule has 5 heteroatoms. The largest absolute Gasteiger partial charge is 0.506 e. The summed E-state index contributed by atoms with van der Waals surface area (Å²) in [5, 5.41) is 14.2. The van der Waals surface area contributed by atoms with Crippen molar-refractivity contribution >= 4 is 23.2 Å². The molecule has 0 aromatic heterocycles. The molecular formula is C18H14N2O3. The third-order valence-corrected chi connectivity index (χ3v) is 3.61. The first kappa shape index (κ1) is 14.7. The highest BCUT2D eigenvalue weighted by atomic mass is 16.3. The van der Waals surface area contributed by atoms with E-state index < -0.39 is 0 Å². The van der Waals surface area contributed by atoms with Gasteiger partial charge in [-0.3, -0.25) is 9.59 Å². The lowest BCUT2D eigenvalue weighted by atomic mass is 10.1. The molecule has 23 heavy (non-hydrogen) atoms. The average molecular weight is 306 g/mol. The molecule has 2 aromatic carbocycles. The Morgan fingerprint density at radius 3 is 2.26 bits per heavy atom. The van der Waals surface area contributed by atoms with Crippen LogP contribution in [0.2, 0.25) is 0 Å². The highest BCUT2D eigenvalue weighted by Crippen LogP contribution is 2.31. The van der Waals surface area contributed by atoms with Crippen LogP contribution in [0.25, 0.3) is 5.76 Å². The number of aliphatic hydroxyl groups is 1. The summed E-state index contributed by atoms with van der Waals surface area (Å²) in [5.74, 6) is -0.790. The standard InChI is InChI=1S/C18H14N2O3/c1-11(19-20-18(23)12-7-3-2-4-8-12)15-16(21)13-9-5-6-10-14(13)17(15)22/h2-10,21H,1H3,(H,20,23). The van der Waals surface area contributed by atoms with Crippen molar-refractivity contribution in [1.29, 1.82) is 0 Å². The van der Waals surface area contributed by atoms with Crippen molar-refractivity contribution in [3.8, 4) is 0 Å². The number of aliphatic hydroxyl groups excluding tert-OH is 1. The molecule has 0 heterocycles. The van der Waals surface area contributed by atoms with Gasteiger partial charge >= 0.3 is 0 Å². The number of ketones is 1. The lowest BCUT2D eigenvalue weighted by molar-refractivity contribution is 0.0953. The first-order valence-electron chi connectivity index (χ1n) is 7.07. The van der Waals surface area contributed by atoms with Crippen molar-refractivity contribution in [2.45, 2.75) is 6.92 Å². The van der Waals surface area contributed by atoms with E-state index in [4.69, 9.17) is 0 Å². The lowest BCUT2D eigenvalue weighted by Gasteiger charge is -2.03. The zero-order chi connectivity index (χ0) is 16.4. The molecule has 3 rings (SSSR count). The van der Waals surface area contributed by atoms with Crippen molar-refractivity contribution in [3.63, 3.8) is 0 Å². The summed E-state index contributed by atoms with van der Waals surface area (Å²) in [7, 11) is 0. The Hall–Kier alpha value is -3.21. The molecule has 1 amide bonds. The maximum Gasteiger partial charge on any atom is 0.271 e. The third-order valence-electron chi connectivity index (χ3n) is 3.61. The van der Waals surface area contributed by atoms with Crippen molar-refractivity contribution in [2.24, 2.45) is 5.10 Å². The van der Waals surface area contributed by atoms with E-state index in [9.17, 15) is 14.7 Å². The van der Waals surface area contributed by atoms with Gasteiger partial charge in [0.15, 0.2) is 5.78 Å². The van der Waals surface area contributed by atoms with Crippen molar-refractivity contribution in [1.82, 2.24) is 5.43 Å². The average Bonchev–Trinajstić information content (AvgIpc) is 2.85. The Morgan fingerprint density at radius 1 is 1.00 bits per heavy atom. The van der Waals surface area contributed by atoms with E-state index in [1.54, 1.807) is 55.5 Å². The van der Waals surface area contributed by atoms with Gasteiger partial charge in [-0.25, -0.2) is 5.43 Å². The monoisotopic (exact) mass is 306 g/mol. The molecule has 5 nitrogen and oxygen atoms in total. The molecule has 0 aliphatic heterocycles. The van der Waals surface area contributed by atoms with Crippen LogP contribution in [0, 0.1) is 0 Å². The molecule has 2 aromatic rings. The first-order valence-corrected chi connectivity index (χ1v) is 7.07. The molecule has 0 radical (unpaired) electrons. The number of allylic oxidation sites excluding steroid dienone is 1. The number of nitrogens with zero attached hydrogens (tertiary/aromatic N) is 1. The van der Waals surface area contributed by atoms with E-state index in [1.807, 2.05) is 6.07 Å². The van der Waals surface area contributed by atoms with E-state index >= 15 is 0 Å². The van der Waals surface area contributed by atoms with Crippen LogP contribution in [0.4, 0.5) is 0 Å². The van der Waals surface area contributed by atoms with Crippen LogP contribution < -0.4 is 5.43 Å². The Kier molecular flexibility index (Phi) is 3.76. The van der Waals surface area contributed by atoms with Crippen LogP contribution in [0.15, 0.2) is 65.3 Å². The molecule has 0 bridgehead atoms. The number of hydrogen-bond acceptors (Lipinski definition) is 4. The number of carbonyl (C=O) groups is 2. The maximum atomic E-state index is 12.4. The second kappa shape index (κ2) is 5.88. The summed E-state index contributed by atoms with van der Waals surface area (Å²) in [6.07, 6.45) is 0. The molecular weight excluding hydrogens is 292 g/mol. The second-order valence-corrected chi connectivity index (χ2v) is 5.10. The second-order valence-electron chi connectivity index (χ2n) is 5.10. The smallest absolute Gasteiger partial charge is 0.271 e. The van der Waals surface area contributed by atoms with E-state index in [1.165, 1.54) is 0 Å². The number of benzene rings is 2. The fraction of sp³-hybridized carbons (Fsp3) is 0.0556. The minimum atomic E-state index is -0.381. The van der Waals surface area contributed by atoms with E-state index in [0.29, 0.717) is 16.7 Å². The molecule has 0 unspecified atom stereocenters. The molecule has 0 fully saturated rings. The Morgan fingerprint density at radius 2 is 1.61 bits per heavy atom. The number of hydrogen-bond donors (Lipinski definition) is 2. The SMILES string of the molecule is CC(=NNC(=O)c1ccccc1)C1=C(O)c2ccccc2C1=O. The molecule has 0 atom stereocenters. The first-order chi connectivity index (χ1) is 11.1. The number of hydrazone groups is 1. The van der Waals surface area contributed by atoms with Gasteiger partial charge in [-0.2, -0.15) is 5.10 Å². The summed E-state index contributed by atoms with van der Waals surface area (Å²) in [4.78, 5) is 24.3. The van der Waals surface area contributed by atoms with Crippen LogP contribution in [0.5, 0.6) is 0 Å². The summed E-state index contributed by atoms with van der Waals surface area (Å²) >= 11 is 0. The summed E-state index contributed by atoms with van der Waals surface area (Å²) in [6.45, 7) is 1.57. The van der Waals surface area contributed by atoms with Gasteiger partial charge < -0.3 is 5.11 Å². The number of nitrogens with one attached hydrogen (secondary N) is 1. The highest BCUT2D eigenvalue weighted by molar-refractivity contribution is 6.35. The molecule has 114 valence electrons. The topological polar surface area (TPSA) is 78.8 Å². The van der Waals surface area contributed by atoms with Crippen molar-refractivity contribution in [2.75, 3.05) is 0 Å². The number of carbonyl (C=O) groups excluding carboxylic acids is 2. The fourth-order valence-corrected chi connectivity index (χ4v) is 2.44. The van der Waals surface area contributed by atoms with Gasteiger partial charge in [0.1, 0.15) is 5.76 Å². The Bertz CT molecular complexity index is 852. The predicted molar refractivity (Wildman–Crippen MR) is 87.3 cm³/mol. The van der Waals surface area contributed by atoms with E-state index in [-0.39, 0.29) is 28.7 Å². The van der Waals surface area contributed by atoms with Crippen molar-refractivity contribution in [3.05, 3.63) is 76.9 Å². The van der Waals surface area contributed by atoms with Gasteiger partial charge in [0.25, 0.3) is 5.91 Å². The number of amides is 1. The van der Waals surface area contributed by atoms with E-state index in [0.717, 1.165) is 0 Å². The lowest BCUT2D eigenvalue weighted by Crippen LogP contribution is -2.20. The highest BCUT2D eigenvalue weighted by Gasteiger charge is 2.31. The number of fused-ring (bicyclic) bond motifs is 1. The zero-order valence-electron chi connectivity index (χ0n) is 12.4. The van der Waals surface area contributed by atoms with Crippen LogP contribution in [0.1, 0.15) is 33.2 Å². The minimum absolute atomic E-state index is 0.110. The van der Waals surface area contributed by atoms with Crippen LogP contribution in [0.3, 0.4) is 0 Å².